The van der Waals surface area contributed by atoms with Gasteiger partial charge in [-0.2, -0.15) is 0 Å². The maximum absolute atomic E-state index is 9.60. The molecule has 0 bridgehead atoms. The van der Waals surface area contributed by atoms with Gasteiger partial charge in [-0.3, -0.25) is 0 Å². The van der Waals surface area contributed by atoms with Crippen molar-refractivity contribution in [2.24, 2.45) is 0 Å². The zero-order valence-electron chi connectivity index (χ0n) is 12.0. The van der Waals surface area contributed by atoms with Crippen molar-refractivity contribution in [2.45, 2.75) is 53.4 Å². The molecule has 0 radical (unpaired) electrons. The largest absolute Gasteiger partial charge is 0.478 e. The quantitative estimate of drug-likeness (QED) is 0.579. The Morgan fingerprint density at radius 1 is 0.833 bits per heavy atom. The fourth-order valence-corrected chi connectivity index (χ4v) is 0.500. The highest BCUT2D eigenvalue weighted by molar-refractivity contribution is 5.85. The molecule has 0 amide bonds. The lowest BCUT2D eigenvalue weighted by Crippen LogP contribution is -1.92. The molecule has 4 heteroatoms. The van der Waals surface area contributed by atoms with E-state index in [-0.39, 0.29) is 11.1 Å². The number of rotatable bonds is 5. The van der Waals surface area contributed by atoms with Gasteiger partial charge in [0.25, 0.3) is 0 Å². The number of carboxylic acid groups (broad SMARTS) is 2. The monoisotopic (exact) mass is 258 g/mol. The molecule has 0 unspecified atom stereocenters. The highest BCUT2D eigenvalue weighted by Gasteiger charge is 1.90. The first-order chi connectivity index (χ1) is 8.20. The zero-order chi connectivity index (χ0) is 15.1. The van der Waals surface area contributed by atoms with Gasteiger partial charge in [0, 0.05) is 11.1 Å². The van der Waals surface area contributed by atoms with Crippen LogP contribution in [0.2, 0.25) is 0 Å². The number of hydrogen-bond acceptors (Lipinski definition) is 2. The molecule has 0 aliphatic carbocycles. The summed E-state index contributed by atoms with van der Waals surface area (Å²) in [5, 5.41) is 15.8. The molecular formula is C14H26O4. The lowest BCUT2D eigenvalue weighted by molar-refractivity contribution is -0.133. The average Bonchev–Trinajstić information content (AvgIpc) is 2.27. The molecule has 0 fully saturated rings. The van der Waals surface area contributed by atoms with E-state index < -0.39 is 11.9 Å². The first kappa shape index (κ1) is 21.7. The summed E-state index contributed by atoms with van der Waals surface area (Å²) < 4.78 is 0. The molecular weight excluding hydrogens is 232 g/mol. The molecule has 18 heavy (non-hydrogen) atoms. The highest BCUT2D eigenvalue weighted by Crippen LogP contribution is 1.95. The lowest BCUT2D eigenvalue weighted by Gasteiger charge is -1.86. The minimum absolute atomic E-state index is 0.176. The summed E-state index contributed by atoms with van der Waals surface area (Å²) in [5.74, 6) is -1.87. The molecule has 0 spiro atoms. The SMILES string of the molecule is C=C(C)C(=O)O.C=C(C)C(=O)O.CCCCCC. The first-order valence-corrected chi connectivity index (χ1v) is 5.98. The van der Waals surface area contributed by atoms with Crippen LogP contribution in [0.1, 0.15) is 53.4 Å². The van der Waals surface area contributed by atoms with Crippen LogP contribution < -0.4 is 0 Å². The Bertz CT molecular complexity index is 215. The molecule has 0 aliphatic heterocycles. The Morgan fingerprint density at radius 2 is 1.00 bits per heavy atom. The third kappa shape index (κ3) is 29.3. The second-order valence-electron chi connectivity index (χ2n) is 3.88. The Kier molecular flexibility index (Phi) is 18.6. The fraction of sp³-hybridized carbons (Fsp3) is 0.571. The summed E-state index contributed by atoms with van der Waals surface area (Å²) in [6, 6.07) is 0. The van der Waals surface area contributed by atoms with Gasteiger partial charge in [0.15, 0.2) is 0 Å². The molecule has 0 saturated carbocycles. The fourth-order valence-electron chi connectivity index (χ4n) is 0.500. The van der Waals surface area contributed by atoms with Gasteiger partial charge < -0.3 is 10.2 Å². The van der Waals surface area contributed by atoms with E-state index in [0.717, 1.165) is 0 Å². The summed E-state index contributed by atoms with van der Waals surface area (Å²) in [6.07, 6.45) is 5.54. The van der Waals surface area contributed by atoms with Gasteiger partial charge in [0.1, 0.15) is 0 Å². The molecule has 0 rings (SSSR count). The van der Waals surface area contributed by atoms with Crippen molar-refractivity contribution < 1.29 is 19.8 Å². The number of carbonyl (C=O) groups is 2. The molecule has 0 heterocycles. The number of carboxylic acids is 2. The van der Waals surface area contributed by atoms with Gasteiger partial charge in [-0.25, -0.2) is 9.59 Å². The van der Waals surface area contributed by atoms with Crippen LogP contribution in [-0.4, -0.2) is 22.2 Å². The Balaban J connectivity index is -0.000000187. The predicted molar refractivity (Wildman–Crippen MR) is 74.7 cm³/mol. The van der Waals surface area contributed by atoms with Crippen LogP contribution in [-0.2, 0) is 9.59 Å². The molecule has 0 aromatic heterocycles. The van der Waals surface area contributed by atoms with Crippen LogP contribution >= 0.6 is 0 Å². The standard InChI is InChI=1S/C6H14.2C4H6O2/c1-3-5-6-4-2;2*1-3(2)4(5)6/h3-6H2,1-2H3;2*1H2,2H3,(H,5,6). The Hall–Kier alpha value is -1.58. The molecule has 0 atom stereocenters. The zero-order valence-corrected chi connectivity index (χ0v) is 12.0. The van der Waals surface area contributed by atoms with E-state index in [1.165, 1.54) is 39.5 Å². The Morgan fingerprint density at radius 3 is 1.06 bits per heavy atom. The topological polar surface area (TPSA) is 74.6 Å². The Labute approximate surface area is 110 Å². The molecule has 2 N–H and O–H groups in total. The predicted octanol–water partition coefficient (Wildman–Crippen LogP) is 3.88. The van der Waals surface area contributed by atoms with Crippen LogP contribution in [0.3, 0.4) is 0 Å². The van der Waals surface area contributed by atoms with Crippen LogP contribution in [0, 0.1) is 0 Å². The normalized spacial score (nSPS) is 8.00. The average molecular weight is 258 g/mol. The van der Waals surface area contributed by atoms with Crippen LogP contribution in [0.4, 0.5) is 0 Å². The van der Waals surface area contributed by atoms with E-state index in [4.69, 9.17) is 10.2 Å². The summed E-state index contributed by atoms with van der Waals surface area (Å²) in [7, 11) is 0. The third-order valence-electron chi connectivity index (χ3n) is 1.69. The van der Waals surface area contributed by atoms with E-state index in [0.29, 0.717) is 0 Å². The van der Waals surface area contributed by atoms with Crippen molar-refractivity contribution in [3.8, 4) is 0 Å². The van der Waals surface area contributed by atoms with Gasteiger partial charge in [-0.1, -0.05) is 52.7 Å². The van der Waals surface area contributed by atoms with Crippen molar-refractivity contribution in [1.82, 2.24) is 0 Å². The van der Waals surface area contributed by atoms with E-state index >= 15 is 0 Å². The van der Waals surface area contributed by atoms with E-state index in [9.17, 15) is 9.59 Å². The summed E-state index contributed by atoms with van der Waals surface area (Å²) in [6.45, 7) is 13.7. The molecule has 106 valence electrons. The van der Waals surface area contributed by atoms with Crippen molar-refractivity contribution in [3.05, 3.63) is 24.3 Å². The maximum Gasteiger partial charge on any atom is 0.330 e. The molecule has 4 nitrogen and oxygen atoms in total. The van der Waals surface area contributed by atoms with Crippen LogP contribution in [0.5, 0.6) is 0 Å². The smallest absolute Gasteiger partial charge is 0.330 e. The summed E-state index contributed by atoms with van der Waals surface area (Å²) >= 11 is 0. The maximum atomic E-state index is 9.60. The molecule has 0 aliphatic rings. The van der Waals surface area contributed by atoms with Crippen molar-refractivity contribution in [3.63, 3.8) is 0 Å². The van der Waals surface area contributed by atoms with Crippen molar-refractivity contribution in [1.29, 1.82) is 0 Å². The number of aliphatic carboxylic acids is 2. The number of hydrogen-bond donors (Lipinski definition) is 2. The highest BCUT2D eigenvalue weighted by atomic mass is 16.4. The van der Waals surface area contributed by atoms with Gasteiger partial charge >= 0.3 is 11.9 Å². The minimum atomic E-state index is -0.935. The van der Waals surface area contributed by atoms with Gasteiger partial charge in [-0.15, -0.1) is 0 Å². The van der Waals surface area contributed by atoms with Gasteiger partial charge in [0.05, 0.1) is 0 Å². The lowest BCUT2D eigenvalue weighted by atomic mass is 10.2. The molecule has 0 aromatic carbocycles. The minimum Gasteiger partial charge on any atom is -0.478 e. The summed E-state index contributed by atoms with van der Waals surface area (Å²) in [5.41, 5.74) is 0.352. The third-order valence-corrected chi connectivity index (χ3v) is 1.69. The second kappa shape index (κ2) is 15.4. The summed E-state index contributed by atoms with van der Waals surface area (Å²) in [4.78, 5) is 19.2. The van der Waals surface area contributed by atoms with Gasteiger partial charge in [0.2, 0.25) is 0 Å². The van der Waals surface area contributed by atoms with Crippen LogP contribution in [0.25, 0.3) is 0 Å². The second-order valence-corrected chi connectivity index (χ2v) is 3.88. The van der Waals surface area contributed by atoms with E-state index in [1.54, 1.807) is 0 Å². The van der Waals surface area contributed by atoms with Crippen molar-refractivity contribution in [2.75, 3.05) is 0 Å². The molecule has 0 saturated heterocycles. The van der Waals surface area contributed by atoms with Crippen molar-refractivity contribution >= 4 is 11.9 Å². The number of unbranched alkanes of at least 4 members (excludes halogenated alkanes) is 3. The first-order valence-electron chi connectivity index (χ1n) is 5.98. The van der Waals surface area contributed by atoms with Crippen LogP contribution in [0.15, 0.2) is 24.3 Å². The molecule has 0 aromatic rings. The van der Waals surface area contributed by atoms with E-state index in [1.807, 2.05) is 0 Å². The van der Waals surface area contributed by atoms with Gasteiger partial charge in [-0.05, 0) is 13.8 Å². The van der Waals surface area contributed by atoms with E-state index in [2.05, 4.69) is 27.0 Å².